The normalized spacial score (nSPS) is 11.4. The molecule has 0 aliphatic carbocycles. The van der Waals surface area contributed by atoms with Gasteiger partial charge in [0.05, 0.1) is 19.9 Å². The summed E-state index contributed by atoms with van der Waals surface area (Å²) < 4.78 is 23.2. The molecule has 2 N–H and O–H groups in total. The molecule has 0 radical (unpaired) electrons. The van der Waals surface area contributed by atoms with Gasteiger partial charge in [0.2, 0.25) is 5.95 Å². The fraction of sp³-hybridized carbons (Fsp3) is 0.143. The quantitative estimate of drug-likeness (QED) is 0.312. The Bertz CT molecular complexity index is 1460. The fourth-order valence-corrected chi connectivity index (χ4v) is 3.62. The summed E-state index contributed by atoms with van der Waals surface area (Å²) >= 11 is 3.40. The summed E-state index contributed by atoms with van der Waals surface area (Å²) in [6.07, 6.45) is 1.53. The molecule has 0 aliphatic heterocycles. The van der Waals surface area contributed by atoms with E-state index in [1.54, 1.807) is 31.4 Å². The molecule has 32 heavy (non-hydrogen) atoms. The Morgan fingerprint density at radius 1 is 1.28 bits per heavy atom. The molecule has 4 rings (SSSR count). The Morgan fingerprint density at radius 2 is 2.06 bits per heavy atom. The molecule has 164 valence electrons. The number of benzene rings is 2. The highest BCUT2D eigenvalue weighted by Crippen LogP contribution is 2.22. The van der Waals surface area contributed by atoms with E-state index < -0.39 is 17.1 Å². The second kappa shape index (κ2) is 8.79. The van der Waals surface area contributed by atoms with Crippen LogP contribution in [0.2, 0.25) is 0 Å². The fourth-order valence-electron chi connectivity index (χ4n) is 3.24. The predicted molar refractivity (Wildman–Crippen MR) is 123 cm³/mol. The van der Waals surface area contributed by atoms with Gasteiger partial charge < -0.3 is 4.74 Å². The number of methoxy groups -OCH3 is 1. The number of hydrogen-bond donors (Lipinski definition) is 2. The van der Waals surface area contributed by atoms with E-state index in [4.69, 9.17) is 4.74 Å². The van der Waals surface area contributed by atoms with Crippen molar-refractivity contribution >= 4 is 39.3 Å². The minimum atomic E-state index is -0.627. The molecule has 2 aromatic heterocycles. The van der Waals surface area contributed by atoms with Crippen LogP contribution in [0, 0.1) is 5.82 Å². The maximum absolute atomic E-state index is 14.3. The standard InChI is InChI=1S/C21H18BrFN6O3/c1-28-18-17(19(30)26-21(28)31)29(11-12-5-3-4-6-15(12)23)20(25-18)27-24-10-13-9-14(22)7-8-16(13)32-2/h3-10H,11H2,1-2H3,(H,25,27)(H,26,30,31)/b24-10-. The lowest BCUT2D eigenvalue weighted by atomic mass is 10.2. The minimum Gasteiger partial charge on any atom is -0.496 e. The van der Waals surface area contributed by atoms with E-state index in [0.717, 1.165) is 4.47 Å². The number of H-pyrrole nitrogens is 1. The van der Waals surface area contributed by atoms with Crippen LogP contribution in [0.15, 0.2) is 61.6 Å². The number of fused-ring (bicyclic) bond motifs is 1. The zero-order chi connectivity index (χ0) is 22.8. The van der Waals surface area contributed by atoms with E-state index in [1.165, 1.54) is 28.5 Å². The first kappa shape index (κ1) is 21.5. The molecule has 2 heterocycles. The van der Waals surface area contributed by atoms with Gasteiger partial charge in [-0.25, -0.2) is 14.6 Å². The van der Waals surface area contributed by atoms with Crippen molar-refractivity contribution in [1.82, 2.24) is 19.1 Å². The molecular formula is C21H18BrFN6O3. The Morgan fingerprint density at radius 3 is 2.81 bits per heavy atom. The van der Waals surface area contributed by atoms with Gasteiger partial charge in [-0.1, -0.05) is 34.1 Å². The van der Waals surface area contributed by atoms with Crippen LogP contribution in [0.4, 0.5) is 10.3 Å². The third kappa shape index (κ3) is 4.06. The molecule has 0 spiro atoms. The van der Waals surface area contributed by atoms with Crippen LogP contribution in [0.1, 0.15) is 11.1 Å². The summed E-state index contributed by atoms with van der Waals surface area (Å²) in [5.74, 6) is 0.349. The van der Waals surface area contributed by atoms with Gasteiger partial charge in [-0.3, -0.25) is 18.9 Å². The van der Waals surface area contributed by atoms with Crippen LogP contribution in [0.5, 0.6) is 5.75 Å². The number of anilines is 1. The van der Waals surface area contributed by atoms with Crippen LogP contribution >= 0.6 is 15.9 Å². The highest BCUT2D eigenvalue weighted by atomic mass is 79.9. The molecule has 0 atom stereocenters. The number of ether oxygens (including phenoxy) is 1. The molecule has 2 aromatic carbocycles. The minimum absolute atomic E-state index is 0.00250. The van der Waals surface area contributed by atoms with Crippen molar-refractivity contribution in [1.29, 1.82) is 0 Å². The summed E-state index contributed by atoms with van der Waals surface area (Å²) in [4.78, 5) is 31.2. The van der Waals surface area contributed by atoms with Gasteiger partial charge in [-0.2, -0.15) is 10.1 Å². The number of imidazole rings is 1. The number of halogens is 2. The zero-order valence-corrected chi connectivity index (χ0v) is 18.7. The number of hydrazone groups is 1. The van der Waals surface area contributed by atoms with Crippen LogP contribution in [0.3, 0.4) is 0 Å². The maximum Gasteiger partial charge on any atom is 0.329 e. The number of nitrogens with zero attached hydrogens (tertiary/aromatic N) is 4. The molecule has 0 unspecified atom stereocenters. The molecule has 9 nitrogen and oxygen atoms in total. The number of hydrogen-bond acceptors (Lipinski definition) is 6. The maximum atomic E-state index is 14.3. The van der Waals surface area contributed by atoms with Crippen molar-refractivity contribution in [3.8, 4) is 5.75 Å². The Labute approximate surface area is 189 Å². The number of rotatable bonds is 6. The van der Waals surface area contributed by atoms with Crippen molar-refractivity contribution in [3.63, 3.8) is 0 Å². The van der Waals surface area contributed by atoms with Crippen molar-refractivity contribution in [3.05, 3.63) is 84.7 Å². The molecular weight excluding hydrogens is 483 g/mol. The van der Waals surface area contributed by atoms with Crippen LogP contribution in [-0.4, -0.2) is 32.4 Å². The largest absolute Gasteiger partial charge is 0.496 e. The van der Waals surface area contributed by atoms with Crippen molar-refractivity contribution in [2.75, 3.05) is 12.5 Å². The molecule has 0 saturated carbocycles. The monoisotopic (exact) mass is 500 g/mol. The second-order valence-electron chi connectivity index (χ2n) is 6.86. The number of aryl methyl sites for hydroxylation is 1. The number of aromatic nitrogens is 4. The predicted octanol–water partition coefficient (Wildman–Crippen LogP) is 2.83. The summed E-state index contributed by atoms with van der Waals surface area (Å²) in [6, 6.07) is 11.7. The van der Waals surface area contributed by atoms with Gasteiger partial charge in [0.1, 0.15) is 11.6 Å². The van der Waals surface area contributed by atoms with E-state index in [0.29, 0.717) is 16.9 Å². The van der Waals surface area contributed by atoms with Gasteiger partial charge in [0, 0.05) is 22.6 Å². The summed E-state index contributed by atoms with van der Waals surface area (Å²) in [7, 11) is 3.04. The molecule has 0 amide bonds. The smallest absolute Gasteiger partial charge is 0.329 e. The van der Waals surface area contributed by atoms with Crippen LogP contribution in [0.25, 0.3) is 11.2 Å². The van der Waals surface area contributed by atoms with Crippen LogP contribution < -0.4 is 21.4 Å². The first-order valence-corrected chi connectivity index (χ1v) is 10.2. The Balaban J connectivity index is 1.80. The third-order valence-electron chi connectivity index (χ3n) is 4.85. The van der Waals surface area contributed by atoms with Crippen molar-refractivity contribution in [2.45, 2.75) is 6.54 Å². The van der Waals surface area contributed by atoms with E-state index in [1.807, 2.05) is 12.1 Å². The van der Waals surface area contributed by atoms with Crippen LogP contribution in [-0.2, 0) is 13.6 Å². The molecule has 0 bridgehead atoms. The first-order valence-electron chi connectivity index (χ1n) is 9.44. The number of nitrogens with one attached hydrogen (secondary N) is 2. The van der Waals surface area contributed by atoms with Crippen molar-refractivity contribution < 1.29 is 9.13 Å². The Kier molecular flexibility index (Phi) is 5.91. The third-order valence-corrected chi connectivity index (χ3v) is 5.35. The van der Waals surface area contributed by atoms with Gasteiger partial charge in [0.25, 0.3) is 5.56 Å². The average Bonchev–Trinajstić information content (AvgIpc) is 3.13. The lowest BCUT2D eigenvalue weighted by molar-refractivity contribution is 0.414. The summed E-state index contributed by atoms with van der Waals surface area (Å²) in [5.41, 5.74) is 2.87. The molecule has 11 heteroatoms. The van der Waals surface area contributed by atoms with E-state index >= 15 is 0 Å². The van der Waals surface area contributed by atoms with Gasteiger partial charge in [-0.05, 0) is 24.3 Å². The van der Waals surface area contributed by atoms with Gasteiger partial charge in [-0.15, -0.1) is 0 Å². The molecule has 4 aromatic rings. The van der Waals surface area contributed by atoms with Gasteiger partial charge >= 0.3 is 5.69 Å². The molecule has 0 saturated heterocycles. The lowest BCUT2D eigenvalue weighted by Gasteiger charge is -2.09. The summed E-state index contributed by atoms with van der Waals surface area (Å²) in [6.45, 7) is 0.00250. The van der Waals surface area contributed by atoms with Gasteiger partial charge in [0.15, 0.2) is 11.2 Å². The Hall–Kier alpha value is -3.73. The average molecular weight is 501 g/mol. The van der Waals surface area contributed by atoms with Crippen molar-refractivity contribution in [2.24, 2.45) is 12.1 Å². The topological polar surface area (TPSA) is 106 Å². The lowest BCUT2D eigenvalue weighted by Crippen LogP contribution is -2.29. The molecule has 0 fully saturated rings. The SMILES string of the molecule is COc1ccc(Br)cc1/C=N\Nc1nc2c(c(=O)[nH]c(=O)n2C)n1Cc1ccccc1F. The number of aromatic amines is 1. The van der Waals surface area contributed by atoms with E-state index in [2.05, 4.69) is 36.4 Å². The zero-order valence-electron chi connectivity index (χ0n) is 17.1. The van der Waals surface area contributed by atoms with E-state index in [-0.39, 0.29) is 23.7 Å². The summed E-state index contributed by atoms with van der Waals surface area (Å²) in [5, 5.41) is 4.21. The molecule has 0 aliphatic rings. The first-order chi connectivity index (χ1) is 15.4. The highest BCUT2D eigenvalue weighted by molar-refractivity contribution is 9.10. The van der Waals surface area contributed by atoms with E-state index in [9.17, 15) is 14.0 Å². The second-order valence-corrected chi connectivity index (χ2v) is 7.78. The highest BCUT2D eigenvalue weighted by Gasteiger charge is 2.18.